The zero-order valence-corrected chi connectivity index (χ0v) is 25.4. The summed E-state index contributed by atoms with van der Waals surface area (Å²) in [6, 6.07) is 0.00205. The first-order chi connectivity index (χ1) is 17.9. The van der Waals surface area contributed by atoms with E-state index in [-0.39, 0.29) is 17.5 Å². The highest BCUT2D eigenvalue weighted by atomic mass is 35.5. The molecule has 0 bridgehead atoms. The maximum Gasteiger partial charge on any atom is 0.406 e. The van der Waals surface area contributed by atoms with Gasteiger partial charge in [0.1, 0.15) is 23.1 Å². The average Bonchev–Trinajstić information content (AvgIpc) is 3.03. The van der Waals surface area contributed by atoms with Crippen LogP contribution < -0.4 is 16.3 Å². The largest absolute Gasteiger partial charge is 0.462 e. The molecule has 1 aliphatic heterocycles. The van der Waals surface area contributed by atoms with Gasteiger partial charge in [0.15, 0.2) is 11.3 Å². The number of ether oxygens (including phenoxy) is 2. The summed E-state index contributed by atoms with van der Waals surface area (Å²) in [7, 11) is -4.23. The molecule has 6 atom stereocenters. The van der Waals surface area contributed by atoms with Gasteiger partial charge < -0.3 is 14.6 Å². The Kier molecular flexibility index (Phi) is 11.6. The first kappa shape index (κ1) is 33.7. The van der Waals surface area contributed by atoms with Crippen LogP contribution >= 0.6 is 31.1 Å². The first-order valence-electron chi connectivity index (χ1n) is 12.3. The molecule has 0 radical (unpaired) electrons. The second-order valence-electron chi connectivity index (χ2n) is 10.5. The lowest BCUT2D eigenvalue weighted by Crippen LogP contribution is -2.43. The van der Waals surface area contributed by atoms with Crippen LogP contribution in [0.3, 0.4) is 0 Å². The van der Waals surface area contributed by atoms with Crippen LogP contribution in [0.2, 0.25) is 0 Å². The minimum absolute atomic E-state index is 0.0869. The Labute approximate surface area is 235 Å². The van der Waals surface area contributed by atoms with Crippen LogP contribution in [0.5, 0.6) is 0 Å². The third kappa shape index (κ3) is 9.25. The summed E-state index contributed by atoms with van der Waals surface area (Å²) in [5, 5.41) is 13.2. The van der Waals surface area contributed by atoms with E-state index in [2.05, 4.69) is 10.1 Å². The number of alkyl halides is 1. The van der Waals surface area contributed by atoms with Gasteiger partial charge in [0.2, 0.25) is 0 Å². The van der Waals surface area contributed by atoms with Gasteiger partial charge in [-0.3, -0.25) is 33.0 Å². The lowest BCUT2D eigenvalue weighted by atomic mass is 10.00. The van der Waals surface area contributed by atoms with Gasteiger partial charge in [-0.1, -0.05) is 32.5 Å². The summed E-state index contributed by atoms with van der Waals surface area (Å²) in [6.45, 7) is 10.8. The van der Waals surface area contributed by atoms with Crippen LogP contribution in [0.25, 0.3) is 0 Å². The second-order valence-corrected chi connectivity index (χ2v) is 14.1. The van der Waals surface area contributed by atoms with Crippen LogP contribution in [0, 0.1) is 5.41 Å². The molecule has 1 aromatic heterocycles. The molecular formula is C23H37ClN3O10PS. The zero-order chi connectivity index (χ0) is 29.8. The number of rotatable bonds is 12. The number of esters is 1. The molecule has 0 aromatic carbocycles. The predicted octanol–water partition coefficient (Wildman–Crippen LogP) is 2.17. The monoisotopic (exact) mass is 613 g/mol. The first-order valence-corrected chi connectivity index (χ1v) is 15.2. The highest BCUT2D eigenvalue weighted by Crippen LogP contribution is 2.48. The van der Waals surface area contributed by atoms with Crippen molar-refractivity contribution in [3.05, 3.63) is 33.1 Å². The van der Waals surface area contributed by atoms with Crippen molar-refractivity contribution in [2.75, 3.05) is 19.0 Å². The van der Waals surface area contributed by atoms with Gasteiger partial charge in [0.25, 0.3) is 5.56 Å². The van der Waals surface area contributed by atoms with Gasteiger partial charge in [0, 0.05) is 23.4 Å². The number of carbonyl (C=O) groups excluding carboxylic acids is 2. The lowest BCUT2D eigenvalue weighted by molar-refractivity contribution is -0.149. The molecule has 2 rings (SSSR count). The molecule has 222 valence electrons. The van der Waals surface area contributed by atoms with Crippen molar-refractivity contribution in [2.24, 2.45) is 5.41 Å². The predicted molar refractivity (Wildman–Crippen MR) is 146 cm³/mol. The molecule has 0 spiro atoms. The van der Waals surface area contributed by atoms with Crippen molar-refractivity contribution in [2.45, 2.75) is 83.9 Å². The van der Waals surface area contributed by atoms with Gasteiger partial charge in [-0.25, -0.2) is 14.4 Å². The summed E-state index contributed by atoms with van der Waals surface area (Å²) in [6.07, 6.45) is -3.03. The quantitative estimate of drug-likeness (QED) is 0.136. The standard InChI is InChI=1S/C23H37ClN3O10PS/c1-13(2)36-18(30)14(3)26-38(33,34-10-11-39-20(31)22(4,5)6)35-12-15-17(29)23(7,24)19(37-15)27-9-8-16(28)25-21(27)32/h8-9,13-15,17,19,29H,10-12H2,1-7H3,(H,26,33)(H,25,28,32)/t14-,15-,17-,19-,23-,38+/m1/s1. The fourth-order valence-corrected chi connectivity index (χ4v) is 6.06. The van der Waals surface area contributed by atoms with Crippen LogP contribution in [-0.2, 0) is 32.7 Å². The molecule has 2 heterocycles. The Bertz CT molecular complexity index is 1180. The number of aliphatic hydroxyl groups excluding tert-OH is 1. The highest BCUT2D eigenvalue weighted by molar-refractivity contribution is 8.13. The molecule has 39 heavy (non-hydrogen) atoms. The van der Waals surface area contributed by atoms with Crippen LogP contribution in [-0.4, -0.2) is 73.9 Å². The summed E-state index contributed by atoms with van der Waals surface area (Å²) in [5.74, 6) is -0.534. The van der Waals surface area contributed by atoms with E-state index in [1.165, 1.54) is 20.0 Å². The number of thioether (sulfide) groups is 1. The smallest absolute Gasteiger partial charge is 0.406 e. The zero-order valence-electron chi connectivity index (χ0n) is 23.0. The maximum atomic E-state index is 13.6. The van der Waals surface area contributed by atoms with E-state index in [1.807, 2.05) is 0 Å². The number of nitrogens with one attached hydrogen (secondary N) is 2. The van der Waals surface area contributed by atoms with Crippen molar-refractivity contribution in [3.8, 4) is 0 Å². The molecule has 1 aromatic rings. The molecular weight excluding hydrogens is 577 g/mol. The normalized spacial score (nSPS) is 25.8. The van der Waals surface area contributed by atoms with E-state index >= 15 is 0 Å². The molecule has 3 N–H and O–H groups in total. The summed E-state index contributed by atoms with van der Waals surface area (Å²) in [5.41, 5.74) is -2.00. The summed E-state index contributed by atoms with van der Waals surface area (Å²) < 4.78 is 36.6. The van der Waals surface area contributed by atoms with Crippen LogP contribution in [0.4, 0.5) is 0 Å². The number of H-pyrrole nitrogens is 1. The van der Waals surface area contributed by atoms with Gasteiger partial charge in [-0.2, -0.15) is 0 Å². The Balaban J connectivity index is 2.16. The minimum Gasteiger partial charge on any atom is -0.462 e. The van der Waals surface area contributed by atoms with E-state index < -0.39 is 72.4 Å². The van der Waals surface area contributed by atoms with E-state index in [0.717, 1.165) is 22.4 Å². The maximum absolute atomic E-state index is 13.6. The van der Waals surface area contributed by atoms with Crippen molar-refractivity contribution < 1.29 is 37.8 Å². The Morgan fingerprint density at radius 2 is 1.95 bits per heavy atom. The van der Waals surface area contributed by atoms with Crippen molar-refractivity contribution >= 4 is 42.2 Å². The summed E-state index contributed by atoms with van der Waals surface area (Å²) in [4.78, 5) is 48.7. The van der Waals surface area contributed by atoms with E-state index in [9.17, 15) is 28.8 Å². The molecule has 1 fully saturated rings. The number of carbonyl (C=O) groups is 2. The Hall–Kier alpha value is -1.51. The average molecular weight is 614 g/mol. The highest BCUT2D eigenvalue weighted by Gasteiger charge is 2.54. The topological polar surface area (TPSA) is 175 Å². The fraction of sp³-hybridized carbons (Fsp3) is 0.739. The molecule has 16 heteroatoms. The lowest BCUT2D eigenvalue weighted by Gasteiger charge is -2.26. The molecule has 0 unspecified atom stereocenters. The number of halogens is 1. The second kappa shape index (κ2) is 13.4. The molecule has 0 saturated carbocycles. The van der Waals surface area contributed by atoms with Crippen LogP contribution in [0.15, 0.2) is 21.9 Å². The van der Waals surface area contributed by atoms with E-state index in [4.69, 9.17) is 30.1 Å². The van der Waals surface area contributed by atoms with Gasteiger partial charge >= 0.3 is 19.4 Å². The molecule has 1 saturated heterocycles. The molecule has 0 amide bonds. The third-order valence-electron chi connectivity index (χ3n) is 5.48. The minimum atomic E-state index is -4.23. The number of hydrogen-bond acceptors (Lipinski definition) is 11. The third-order valence-corrected chi connectivity index (χ3v) is 8.85. The van der Waals surface area contributed by atoms with Gasteiger partial charge in [-0.15, -0.1) is 11.6 Å². The van der Waals surface area contributed by atoms with Crippen LogP contribution in [0.1, 0.15) is 54.7 Å². The van der Waals surface area contributed by atoms with Gasteiger partial charge in [0.05, 0.1) is 19.3 Å². The number of aromatic nitrogens is 2. The number of hydrogen-bond donors (Lipinski definition) is 3. The van der Waals surface area contributed by atoms with Crippen molar-refractivity contribution in [3.63, 3.8) is 0 Å². The Morgan fingerprint density at radius 1 is 1.31 bits per heavy atom. The molecule has 1 aliphatic rings. The van der Waals surface area contributed by atoms with E-state index in [1.54, 1.807) is 34.6 Å². The fourth-order valence-electron chi connectivity index (χ4n) is 3.38. The van der Waals surface area contributed by atoms with E-state index in [0.29, 0.717) is 0 Å². The van der Waals surface area contributed by atoms with Crippen molar-refractivity contribution in [1.29, 1.82) is 0 Å². The number of nitrogens with zero attached hydrogens (tertiary/aromatic N) is 1. The molecule has 0 aliphatic carbocycles. The Morgan fingerprint density at radius 3 is 2.51 bits per heavy atom. The van der Waals surface area contributed by atoms with Crippen molar-refractivity contribution in [1.82, 2.24) is 14.6 Å². The van der Waals surface area contributed by atoms with Gasteiger partial charge in [-0.05, 0) is 27.7 Å². The summed E-state index contributed by atoms with van der Waals surface area (Å²) >= 11 is 7.53. The SMILES string of the molecule is CC(C)OC(=O)[C@@H](C)N[P@](=O)(OCCSC(=O)C(C)(C)C)OC[C@H]1O[C@@H](n2ccc(=O)[nH]c2=O)[C@](C)(Cl)[C@@H]1O. The number of aromatic amines is 1. The number of aliphatic hydroxyl groups is 1. The molecule has 13 nitrogen and oxygen atoms in total.